The predicted molar refractivity (Wildman–Crippen MR) is 52.0 cm³/mol. The molecule has 0 aliphatic carbocycles. The van der Waals surface area contributed by atoms with Crippen LogP contribution in [-0.4, -0.2) is 13.0 Å². The second kappa shape index (κ2) is 3.94. The molecule has 0 radical (unpaired) electrons. The number of amides is 1. The van der Waals surface area contributed by atoms with Gasteiger partial charge in [-0.2, -0.15) is 0 Å². The molecule has 1 aromatic rings. The van der Waals surface area contributed by atoms with Crippen LogP contribution < -0.4 is 10.1 Å². The van der Waals surface area contributed by atoms with Crippen molar-refractivity contribution in [2.75, 3.05) is 12.4 Å². The molecule has 0 aromatic heterocycles. The number of anilines is 1. The summed E-state index contributed by atoms with van der Waals surface area (Å²) in [5.41, 5.74) is 1.81. The van der Waals surface area contributed by atoms with Gasteiger partial charge in [-0.15, -0.1) is 0 Å². The largest absolute Gasteiger partial charge is 0.496 e. The average molecular weight is 179 g/mol. The lowest BCUT2D eigenvalue weighted by atomic mass is 10.2. The van der Waals surface area contributed by atoms with Crippen LogP contribution in [0, 0.1) is 6.92 Å². The van der Waals surface area contributed by atoms with Crippen LogP contribution in [-0.2, 0) is 4.79 Å². The summed E-state index contributed by atoms with van der Waals surface area (Å²) in [7, 11) is 1.61. The lowest BCUT2D eigenvalue weighted by Gasteiger charge is -2.07. The summed E-state index contributed by atoms with van der Waals surface area (Å²) in [6, 6.07) is 5.56. The second-order valence-corrected chi connectivity index (χ2v) is 2.87. The maximum atomic E-state index is 10.7. The number of benzene rings is 1. The Morgan fingerprint density at radius 1 is 1.46 bits per heavy atom. The Morgan fingerprint density at radius 3 is 2.69 bits per heavy atom. The Morgan fingerprint density at radius 2 is 2.15 bits per heavy atom. The van der Waals surface area contributed by atoms with E-state index in [-0.39, 0.29) is 5.91 Å². The minimum Gasteiger partial charge on any atom is -0.496 e. The SMILES string of the molecule is COc1cc(NC(C)=O)ccc1C. The molecule has 1 aromatic carbocycles. The molecule has 0 aliphatic rings. The molecule has 0 saturated carbocycles. The first-order valence-electron chi connectivity index (χ1n) is 4.05. The van der Waals surface area contributed by atoms with Gasteiger partial charge in [0.1, 0.15) is 5.75 Å². The summed E-state index contributed by atoms with van der Waals surface area (Å²) >= 11 is 0. The van der Waals surface area contributed by atoms with Gasteiger partial charge in [-0.1, -0.05) is 6.07 Å². The summed E-state index contributed by atoms with van der Waals surface area (Å²) in [5, 5.41) is 2.69. The van der Waals surface area contributed by atoms with Crippen molar-refractivity contribution in [1.82, 2.24) is 0 Å². The highest BCUT2D eigenvalue weighted by Gasteiger charge is 2.00. The second-order valence-electron chi connectivity index (χ2n) is 2.87. The predicted octanol–water partition coefficient (Wildman–Crippen LogP) is 1.96. The van der Waals surface area contributed by atoms with Gasteiger partial charge in [-0.3, -0.25) is 4.79 Å². The summed E-state index contributed by atoms with van der Waals surface area (Å²) < 4.78 is 5.12. The quantitative estimate of drug-likeness (QED) is 0.753. The minimum absolute atomic E-state index is 0.0779. The van der Waals surface area contributed by atoms with Crippen molar-refractivity contribution in [3.05, 3.63) is 23.8 Å². The summed E-state index contributed by atoms with van der Waals surface area (Å²) in [5.74, 6) is 0.706. The Balaban J connectivity index is 2.92. The van der Waals surface area contributed by atoms with Crippen molar-refractivity contribution in [1.29, 1.82) is 0 Å². The first-order valence-corrected chi connectivity index (χ1v) is 4.05. The van der Waals surface area contributed by atoms with Gasteiger partial charge in [0.25, 0.3) is 0 Å². The van der Waals surface area contributed by atoms with Crippen LogP contribution in [0.2, 0.25) is 0 Å². The molecule has 0 saturated heterocycles. The molecule has 1 amide bonds. The van der Waals surface area contributed by atoms with Crippen LogP contribution in [0.5, 0.6) is 5.75 Å². The van der Waals surface area contributed by atoms with E-state index in [4.69, 9.17) is 4.74 Å². The summed E-state index contributed by atoms with van der Waals surface area (Å²) in [6.45, 7) is 3.43. The van der Waals surface area contributed by atoms with Crippen LogP contribution in [0.1, 0.15) is 12.5 Å². The smallest absolute Gasteiger partial charge is 0.221 e. The van der Waals surface area contributed by atoms with Gasteiger partial charge in [0.2, 0.25) is 5.91 Å². The van der Waals surface area contributed by atoms with Gasteiger partial charge in [0.15, 0.2) is 0 Å². The molecule has 0 unspecified atom stereocenters. The topological polar surface area (TPSA) is 38.3 Å². The van der Waals surface area contributed by atoms with Gasteiger partial charge in [-0.25, -0.2) is 0 Å². The van der Waals surface area contributed by atoms with Gasteiger partial charge < -0.3 is 10.1 Å². The fraction of sp³-hybridized carbons (Fsp3) is 0.300. The van der Waals surface area contributed by atoms with Gasteiger partial charge in [-0.05, 0) is 18.6 Å². The van der Waals surface area contributed by atoms with Gasteiger partial charge >= 0.3 is 0 Å². The molecular weight excluding hydrogens is 166 g/mol. The number of rotatable bonds is 2. The average Bonchev–Trinajstić information content (AvgIpc) is 2.07. The number of hydrogen-bond donors (Lipinski definition) is 1. The molecule has 0 heterocycles. The maximum absolute atomic E-state index is 10.7. The van der Waals surface area contributed by atoms with Crippen molar-refractivity contribution >= 4 is 11.6 Å². The van der Waals surface area contributed by atoms with Crippen LogP contribution >= 0.6 is 0 Å². The lowest BCUT2D eigenvalue weighted by Crippen LogP contribution is -2.05. The minimum atomic E-state index is -0.0779. The van der Waals surface area contributed by atoms with Crippen LogP contribution in [0.15, 0.2) is 18.2 Å². The molecule has 70 valence electrons. The maximum Gasteiger partial charge on any atom is 0.221 e. The van der Waals surface area contributed by atoms with Crippen molar-refractivity contribution in [3.8, 4) is 5.75 Å². The molecular formula is C10H13NO2. The van der Waals surface area contributed by atoms with E-state index in [0.717, 1.165) is 17.0 Å². The van der Waals surface area contributed by atoms with Gasteiger partial charge in [0, 0.05) is 18.7 Å². The zero-order chi connectivity index (χ0) is 9.84. The molecule has 0 fully saturated rings. The van der Waals surface area contributed by atoms with E-state index in [0.29, 0.717) is 0 Å². The number of hydrogen-bond acceptors (Lipinski definition) is 2. The molecule has 3 nitrogen and oxygen atoms in total. The molecule has 13 heavy (non-hydrogen) atoms. The molecule has 0 aliphatic heterocycles. The van der Waals surface area contributed by atoms with E-state index in [2.05, 4.69) is 5.32 Å². The molecule has 0 atom stereocenters. The summed E-state index contributed by atoms with van der Waals surface area (Å²) in [6.07, 6.45) is 0. The van der Waals surface area contributed by atoms with E-state index in [9.17, 15) is 4.79 Å². The fourth-order valence-electron chi connectivity index (χ4n) is 1.10. The third-order valence-electron chi connectivity index (χ3n) is 1.73. The zero-order valence-electron chi connectivity index (χ0n) is 8.05. The monoisotopic (exact) mass is 179 g/mol. The summed E-state index contributed by atoms with van der Waals surface area (Å²) in [4.78, 5) is 10.7. The molecule has 1 N–H and O–H groups in total. The zero-order valence-corrected chi connectivity index (χ0v) is 8.05. The van der Waals surface area contributed by atoms with Crippen LogP contribution in [0.25, 0.3) is 0 Å². The lowest BCUT2D eigenvalue weighted by molar-refractivity contribution is -0.114. The Bertz CT molecular complexity index is 321. The Labute approximate surface area is 77.7 Å². The normalized spacial score (nSPS) is 9.46. The standard InChI is InChI=1S/C10H13NO2/c1-7-4-5-9(11-8(2)12)6-10(7)13-3/h4-6H,1-3H3,(H,11,12). The van der Waals surface area contributed by atoms with E-state index < -0.39 is 0 Å². The van der Waals surface area contributed by atoms with E-state index in [1.807, 2.05) is 19.1 Å². The van der Waals surface area contributed by atoms with Gasteiger partial charge in [0.05, 0.1) is 7.11 Å². The molecule has 0 spiro atoms. The van der Waals surface area contributed by atoms with E-state index in [1.54, 1.807) is 13.2 Å². The number of carbonyl (C=O) groups is 1. The number of carbonyl (C=O) groups excluding carboxylic acids is 1. The molecule has 3 heteroatoms. The number of aryl methyl sites for hydroxylation is 1. The van der Waals surface area contributed by atoms with Crippen molar-refractivity contribution in [2.45, 2.75) is 13.8 Å². The van der Waals surface area contributed by atoms with E-state index >= 15 is 0 Å². The molecule has 1 rings (SSSR count). The van der Waals surface area contributed by atoms with E-state index in [1.165, 1.54) is 6.92 Å². The third-order valence-corrected chi connectivity index (χ3v) is 1.73. The third kappa shape index (κ3) is 2.47. The van der Waals surface area contributed by atoms with Crippen LogP contribution in [0.4, 0.5) is 5.69 Å². The molecule has 0 bridgehead atoms. The van der Waals surface area contributed by atoms with Crippen molar-refractivity contribution in [3.63, 3.8) is 0 Å². The number of nitrogens with one attached hydrogen (secondary N) is 1. The highest BCUT2D eigenvalue weighted by molar-refractivity contribution is 5.88. The first-order chi connectivity index (χ1) is 6.13. The van der Waals surface area contributed by atoms with Crippen LogP contribution in [0.3, 0.4) is 0 Å². The fourth-order valence-corrected chi connectivity index (χ4v) is 1.10. The Hall–Kier alpha value is -1.51. The highest BCUT2D eigenvalue weighted by atomic mass is 16.5. The number of ether oxygens (including phenoxy) is 1. The first kappa shape index (κ1) is 9.58. The van der Waals surface area contributed by atoms with Crippen molar-refractivity contribution < 1.29 is 9.53 Å². The highest BCUT2D eigenvalue weighted by Crippen LogP contribution is 2.21. The van der Waals surface area contributed by atoms with Crippen molar-refractivity contribution in [2.24, 2.45) is 0 Å². The Kier molecular flexibility index (Phi) is 2.90. The number of methoxy groups -OCH3 is 1.